The van der Waals surface area contributed by atoms with Gasteiger partial charge in [0.25, 0.3) is 0 Å². The molecule has 0 aliphatic rings. The molecule has 15 heavy (non-hydrogen) atoms. The van der Waals surface area contributed by atoms with E-state index in [1.165, 1.54) is 25.4 Å². The molecule has 0 unspecified atom stereocenters. The van der Waals surface area contributed by atoms with Crippen molar-refractivity contribution in [3.05, 3.63) is 16.1 Å². The summed E-state index contributed by atoms with van der Waals surface area (Å²) in [7, 11) is 1.32. The zero-order chi connectivity index (χ0) is 11.3. The van der Waals surface area contributed by atoms with Crippen LogP contribution in [-0.2, 0) is 16.0 Å². The number of carbonyl (C=O) groups excluding carboxylic acids is 2. The number of ether oxygens (including phenoxy) is 1. The lowest BCUT2D eigenvalue weighted by Crippen LogP contribution is -2.22. The number of methoxy groups -OCH3 is 1. The van der Waals surface area contributed by atoms with E-state index in [1.807, 2.05) is 0 Å². The first kappa shape index (κ1) is 11.6. The molecule has 5 nitrogen and oxygen atoms in total. The molecule has 0 aliphatic heterocycles. The molecule has 1 aromatic rings. The lowest BCUT2D eigenvalue weighted by Gasteiger charge is -1.97. The van der Waals surface area contributed by atoms with Gasteiger partial charge in [-0.2, -0.15) is 0 Å². The second-order valence-electron chi connectivity index (χ2n) is 2.85. The standard InChI is InChI=1S/C9H12N2O3S/c1-6(12)10-4-3-8-11-7(5-15-8)9(13)14-2/h5H,3-4H2,1-2H3,(H,10,12). The van der Waals surface area contributed by atoms with Crippen LogP contribution in [0, 0.1) is 0 Å². The smallest absolute Gasteiger partial charge is 0.357 e. The van der Waals surface area contributed by atoms with Gasteiger partial charge in [0.2, 0.25) is 5.91 Å². The molecule has 1 N–H and O–H groups in total. The highest BCUT2D eigenvalue weighted by Crippen LogP contribution is 2.10. The fourth-order valence-corrected chi connectivity index (χ4v) is 1.74. The number of nitrogens with one attached hydrogen (secondary N) is 1. The maximum Gasteiger partial charge on any atom is 0.357 e. The molecule has 1 aromatic heterocycles. The molecule has 0 aromatic carbocycles. The van der Waals surface area contributed by atoms with E-state index in [0.717, 1.165) is 5.01 Å². The highest BCUT2D eigenvalue weighted by molar-refractivity contribution is 7.09. The number of hydrogen-bond acceptors (Lipinski definition) is 5. The van der Waals surface area contributed by atoms with Crippen LogP contribution in [0.2, 0.25) is 0 Å². The van der Waals surface area contributed by atoms with E-state index in [1.54, 1.807) is 5.38 Å². The second kappa shape index (κ2) is 5.45. The fraction of sp³-hybridized carbons (Fsp3) is 0.444. The van der Waals surface area contributed by atoms with E-state index < -0.39 is 5.97 Å². The van der Waals surface area contributed by atoms with E-state index in [4.69, 9.17) is 0 Å². The quantitative estimate of drug-likeness (QED) is 0.767. The number of nitrogens with zero attached hydrogens (tertiary/aromatic N) is 1. The van der Waals surface area contributed by atoms with Crippen LogP contribution in [0.4, 0.5) is 0 Å². The van der Waals surface area contributed by atoms with E-state index in [9.17, 15) is 9.59 Å². The molecule has 0 atom stereocenters. The lowest BCUT2D eigenvalue weighted by molar-refractivity contribution is -0.118. The van der Waals surface area contributed by atoms with Crippen LogP contribution in [0.15, 0.2) is 5.38 Å². The van der Waals surface area contributed by atoms with Crippen molar-refractivity contribution in [1.29, 1.82) is 0 Å². The summed E-state index contributed by atoms with van der Waals surface area (Å²) in [5.41, 5.74) is 0.320. The normalized spacial score (nSPS) is 9.73. The number of amides is 1. The van der Waals surface area contributed by atoms with Gasteiger partial charge in [-0.3, -0.25) is 4.79 Å². The molecular weight excluding hydrogens is 216 g/mol. The van der Waals surface area contributed by atoms with E-state index in [0.29, 0.717) is 18.7 Å². The first-order valence-electron chi connectivity index (χ1n) is 4.40. The zero-order valence-electron chi connectivity index (χ0n) is 8.57. The van der Waals surface area contributed by atoms with Gasteiger partial charge >= 0.3 is 5.97 Å². The summed E-state index contributed by atoms with van der Waals surface area (Å²) in [5.74, 6) is -0.503. The molecule has 6 heteroatoms. The Morgan fingerprint density at radius 2 is 2.33 bits per heavy atom. The minimum atomic E-state index is -0.433. The first-order valence-corrected chi connectivity index (χ1v) is 5.28. The maximum atomic E-state index is 11.1. The Morgan fingerprint density at radius 3 is 2.93 bits per heavy atom. The Kier molecular flexibility index (Phi) is 4.23. The molecule has 0 fully saturated rings. The predicted molar refractivity (Wildman–Crippen MR) is 55.8 cm³/mol. The number of aromatic nitrogens is 1. The van der Waals surface area contributed by atoms with Crippen molar-refractivity contribution in [2.45, 2.75) is 13.3 Å². The fourth-order valence-electron chi connectivity index (χ4n) is 0.970. The lowest BCUT2D eigenvalue weighted by atomic mass is 10.4. The topological polar surface area (TPSA) is 68.3 Å². The molecule has 1 rings (SSSR count). The zero-order valence-corrected chi connectivity index (χ0v) is 9.39. The summed E-state index contributed by atoms with van der Waals surface area (Å²) >= 11 is 1.38. The minimum absolute atomic E-state index is 0.0697. The molecule has 1 amide bonds. The van der Waals surface area contributed by atoms with Crippen molar-refractivity contribution in [2.75, 3.05) is 13.7 Å². The second-order valence-corrected chi connectivity index (χ2v) is 3.79. The molecule has 0 saturated heterocycles. The Hall–Kier alpha value is -1.43. The van der Waals surface area contributed by atoms with Crippen molar-refractivity contribution in [1.82, 2.24) is 10.3 Å². The van der Waals surface area contributed by atoms with Gasteiger partial charge in [-0.15, -0.1) is 11.3 Å². The number of carbonyl (C=O) groups is 2. The molecule has 0 spiro atoms. The van der Waals surface area contributed by atoms with Crippen LogP contribution >= 0.6 is 11.3 Å². The van der Waals surface area contributed by atoms with Crippen LogP contribution in [0.3, 0.4) is 0 Å². The Bertz CT molecular complexity index is 362. The molecular formula is C9H12N2O3S. The molecule has 82 valence electrons. The summed E-state index contributed by atoms with van der Waals surface area (Å²) < 4.78 is 4.53. The van der Waals surface area contributed by atoms with E-state index in [2.05, 4.69) is 15.0 Å². The van der Waals surface area contributed by atoms with Crippen LogP contribution in [-0.4, -0.2) is 30.5 Å². The van der Waals surface area contributed by atoms with Gasteiger partial charge < -0.3 is 10.1 Å². The van der Waals surface area contributed by atoms with Crippen molar-refractivity contribution >= 4 is 23.2 Å². The summed E-state index contributed by atoms with van der Waals surface area (Å²) in [4.78, 5) is 25.7. The highest BCUT2D eigenvalue weighted by atomic mass is 32.1. The maximum absolute atomic E-state index is 11.1. The van der Waals surface area contributed by atoms with Crippen LogP contribution in [0.5, 0.6) is 0 Å². The average Bonchev–Trinajstić information content (AvgIpc) is 2.65. The van der Waals surface area contributed by atoms with Gasteiger partial charge in [0.15, 0.2) is 5.69 Å². The van der Waals surface area contributed by atoms with Gasteiger partial charge in [0, 0.05) is 25.3 Å². The first-order chi connectivity index (χ1) is 7.13. The number of rotatable bonds is 4. The summed E-state index contributed by atoms with van der Waals surface area (Å²) in [6.45, 7) is 1.99. The molecule has 0 radical (unpaired) electrons. The largest absolute Gasteiger partial charge is 0.464 e. The summed E-state index contributed by atoms with van der Waals surface area (Å²) in [6, 6.07) is 0. The molecule has 0 aliphatic carbocycles. The van der Waals surface area contributed by atoms with Crippen molar-refractivity contribution in [3.8, 4) is 0 Å². The Balaban J connectivity index is 2.46. The monoisotopic (exact) mass is 228 g/mol. The Labute approximate surface area is 91.5 Å². The van der Waals surface area contributed by atoms with Crippen LogP contribution in [0.25, 0.3) is 0 Å². The molecule has 1 heterocycles. The average molecular weight is 228 g/mol. The number of hydrogen-bond donors (Lipinski definition) is 1. The predicted octanol–water partition coefficient (Wildman–Crippen LogP) is 0.608. The van der Waals surface area contributed by atoms with Gasteiger partial charge in [0.1, 0.15) is 0 Å². The highest BCUT2D eigenvalue weighted by Gasteiger charge is 2.10. The van der Waals surface area contributed by atoms with Gasteiger partial charge in [-0.25, -0.2) is 9.78 Å². The van der Waals surface area contributed by atoms with Crippen LogP contribution in [0.1, 0.15) is 22.4 Å². The summed E-state index contributed by atoms with van der Waals surface area (Å²) in [6.07, 6.45) is 0.626. The third kappa shape index (κ3) is 3.67. The third-order valence-corrected chi connectivity index (χ3v) is 2.57. The minimum Gasteiger partial charge on any atom is -0.464 e. The van der Waals surface area contributed by atoms with Crippen molar-refractivity contribution < 1.29 is 14.3 Å². The third-order valence-electron chi connectivity index (χ3n) is 1.66. The van der Waals surface area contributed by atoms with E-state index in [-0.39, 0.29) is 5.91 Å². The van der Waals surface area contributed by atoms with Gasteiger partial charge in [0.05, 0.1) is 12.1 Å². The number of esters is 1. The molecule has 0 bridgehead atoms. The molecule has 0 saturated carbocycles. The SMILES string of the molecule is COC(=O)c1csc(CCNC(C)=O)n1. The number of thiazole rings is 1. The van der Waals surface area contributed by atoms with Gasteiger partial charge in [-0.1, -0.05) is 0 Å². The van der Waals surface area contributed by atoms with Crippen molar-refractivity contribution in [3.63, 3.8) is 0 Å². The summed E-state index contributed by atoms with van der Waals surface area (Å²) in [5, 5.41) is 5.12. The van der Waals surface area contributed by atoms with E-state index >= 15 is 0 Å². The van der Waals surface area contributed by atoms with Crippen LogP contribution < -0.4 is 5.32 Å². The van der Waals surface area contributed by atoms with Crippen molar-refractivity contribution in [2.24, 2.45) is 0 Å². The Morgan fingerprint density at radius 1 is 1.60 bits per heavy atom. The van der Waals surface area contributed by atoms with Gasteiger partial charge in [-0.05, 0) is 0 Å².